The van der Waals surface area contributed by atoms with Gasteiger partial charge in [0, 0.05) is 17.2 Å². The van der Waals surface area contributed by atoms with Crippen molar-refractivity contribution >= 4 is 11.9 Å². The predicted molar refractivity (Wildman–Crippen MR) is 129 cm³/mol. The molecule has 3 aromatic rings. The van der Waals surface area contributed by atoms with E-state index in [0.29, 0.717) is 37.4 Å². The maximum Gasteiger partial charge on any atom is 0.345 e. The Morgan fingerprint density at radius 2 is 1.71 bits per heavy atom. The molecule has 0 amide bonds. The molecule has 0 fully saturated rings. The highest BCUT2D eigenvalue weighted by Gasteiger charge is 2.19. The van der Waals surface area contributed by atoms with Gasteiger partial charge >= 0.3 is 11.9 Å². The Morgan fingerprint density at radius 1 is 1.00 bits per heavy atom. The minimum atomic E-state index is -0.873. The van der Waals surface area contributed by atoms with Crippen LogP contribution < -0.4 is 16.2 Å². The van der Waals surface area contributed by atoms with Crippen molar-refractivity contribution in [1.82, 2.24) is 5.16 Å². The van der Waals surface area contributed by atoms with Gasteiger partial charge in [-0.05, 0) is 62.2 Å². The van der Waals surface area contributed by atoms with Crippen LogP contribution in [0, 0.1) is 0 Å². The molecule has 0 saturated heterocycles. The lowest BCUT2D eigenvalue weighted by molar-refractivity contribution is -0.139. The molecule has 1 atom stereocenters. The molecule has 3 rings (SSSR count). The number of carbonyl (C=O) groups is 2. The molecule has 0 aliphatic carbocycles. The first-order chi connectivity index (χ1) is 16.5. The fraction of sp³-hybridized carbons (Fsp3) is 0.346. The number of nitrogens with zero attached hydrogens (tertiary/aromatic N) is 1. The fourth-order valence-electron chi connectivity index (χ4n) is 3.26. The summed E-state index contributed by atoms with van der Waals surface area (Å²) in [5.41, 5.74) is 13.6. The van der Waals surface area contributed by atoms with Crippen molar-refractivity contribution in [3.05, 3.63) is 60.2 Å². The quantitative estimate of drug-likeness (QED) is 0.230. The van der Waals surface area contributed by atoms with E-state index < -0.39 is 18.0 Å². The molecule has 0 radical (unpaired) electrons. The van der Waals surface area contributed by atoms with Gasteiger partial charge in [-0.2, -0.15) is 0 Å². The van der Waals surface area contributed by atoms with Crippen LogP contribution in [0.25, 0.3) is 22.6 Å². The van der Waals surface area contributed by atoms with Gasteiger partial charge in [-0.3, -0.25) is 0 Å². The number of esters is 2. The van der Waals surface area contributed by atoms with Crippen LogP contribution in [0.15, 0.2) is 59.1 Å². The highest BCUT2D eigenvalue weighted by molar-refractivity contribution is 5.98. The second-order valence-corrected chi connectivity index (χ2v) is 7.98. The van der Waals surface area contributed by atoms with Crippen LogP contribution in [0.3, 0.4) is 0 Å². The normalized spacial score (nSPS) is 11.7. The Kier molecular flexibility index (Phi) is 9.37. The summed E-state index contributed by atoms with van der Waals surface area (Å²) in [6, 6.07) is 15.2. The minimum Gasteiger partial charge on any atom is -0.494 e. The molecular weight excluding hydrogens is 434 g/mol. The number of unbranched alkanes of at least 4 members (excludes halogenated alkanes) is 2. The first-order valence-electron chi connectivity index (χ1n) is 11.5. The van der Waals surface area contributed by atoms with Gasteiger partial charge in [0.2, 0.25) is 0 Å². The van der Waals surface area contributed by atoms with Gasteiger partial charge in [0.05, 0.1) is 12.2 Å². The van der Waals surface area contributed by atoms with E-state index in [1.165, 1.54) is 0 Å². The standard InChI is InChI=1S/C26H31N3O5/c1-2-3-4-16-32-21-13-11-19(12-14-21)24-17-23(29-34-24)18-7-9-20(10-8-18)25(30)33-26(31)22(28)6-5-15-27/h7-14,17,22H,2-6,15-16,27-28H2,1H3/t22-/m0/s1. The van der Waals surface area contributed by atoms with E-state index in [2.05, 4.69) is 12.1 Å². The summed E-state index contributed by atoms with van der Waals surface area (Å²) in [7, 11) is 0. The molecule has 0 aliphatic rings. The third-order valence-electron chi connectivity index (χ3n) is 5.30. The van der Waals surface area contributed by atoms with Crippen molar-refractivity contribution in [1.29, 1.82) is 0 Å². The second kappa shape index (κ2) is 12.7. The first-order valence-corrected chi connectivity index (χ1v) is 11.5. The van der Waals surface area contributed by atoms with E-state index in [4.69, 9.17) is 25.5 Å². The largest absolute Gasteiger partial charge is 0.494 e. The summed E-state index contributed by atoms with van der Waals surface area (Å²) in [5.74, 6) is -0.0763. The van der Waals surface area contributed by atoms with Crippen molar-refractivity contribution in [3.63, 3.8) is 0 Å². The van der Waals surface area contributed by atoms with E-state index in [9.17, 15) is 9.59 Å². The highest BCUT2D eigenvalue weighted by Crippen LogP contribution is 2.27. The van der Waals surface area contributed by atoms with Gasteiger partial charge in [0.25, 0.3) is 0 Å². The zero-order chi connectivity index (χ0) is 24.3. The lowest BCUT2D eigenvalue weighted by Gasteiger charge is -2.09. The van der Waals surface area contributed by atoms with Gasteiger partial charge in [-0.15, -0.1) is 0 Å². The predicted octanol–water partition coefficient (Wildman–Crippen LogP) is 4.33. The van der Waals surface area contributed by atoms with Crippen LogP contribution >= 0.6 is 0 Å². The fourth-order valence-corrected chi connectivity index (χ4v) is 3.26. The number of benzene rings is 2. The number of rotatable bonds is 12. The zero-order valence-corrected chi connectivity index (χ0v) is 19.4. The minimum absolute atomic E-state index is 0.237. The van der Waals surface area contributed by atoms with Gasteiger partial charge in [0.15, 0.2) is 5.76 Å². The van der Waals surface area contributed by atoms with E-state index in [-0.39, 0.29) is 5.56 Å². The van der Waals surface area contributed by atoms with E-state index >= 15 is 0 Å². The van der Waals surface area contributed by atoms with Gasteiger partial charge in [0.1, 0.15) is 17.5 Å². The van der Waals surface area contributed by atoms with Gasteiger partial charge in [-0.1, -0.05) is 37.1 Å². The maximum absolute atomic E-state index is 12.2. The Labute approximate surface area is 199 Å². The molecule has 2 aromatic carbocycles. The maximum atomic E-state index is 12.2. The molecule has 180 valence electrons. The number of hydrogen-bond donors (Lipinski definition) is 2. The molecule has 0 bridgehead atoms. The average Bonchev–Trinajstić information content (AvgIpc) is 3.36. The lowest BCUT2D eigenvalue weighted by Crippen LogP contribution is -2.34. The van der Waals surface area contributed by atoms with Crippen molar-refractivity contribution in [2.45, 2.75) is 45.1 Å². The molecule has 4 N–H and O–H groups in total. The molecule has 0 saturated carbocycles. The number of hydrogen-bond acceptors (Lipinski definition) is 8. The monoisotopic (exact) mass is 465 g/mol. The topological polar surface area (TPSA) is 131 Å². The molecule has 34 heavy (non-hydrogen) atoms. The summed E-state index contributed by atoms with van der Waals surface area (Å²) in [6.07, 6.45) is 4.30. The lowest BCUT2D eigenvalue weighted by atomic mass is 10.1. The molecule has 1 heterocycles. The third-order valence-corrected chi connectivity index (χ3v) is 5.30. The van der Waals surface area contributed by atoms with E-state index in [0.717, 1.165) is 36.1 Å². The molecule has 1 aromatic heterocycles. The van der Waals surface area contributed by atoms with Crippen LogP contribution in [-0.4, -0.2) is 36.3 Å². The Bertz CT molecular complexity index is 1060. The van der Waals surface area contributed by atoms with Crippen molar-refractivity contribution in [2.24, 2.45) is 11.5 Å². The van der Waals surface area contributed by atoms with E-state index in [1.54, 1.807) is 24.3 Å². The molecule has 0 aliphatic heterocycles. The summed E-state index contributed by atoms with van der Waals surface area (Å²) >= 11 is 0. The molecular formula is C26H31N3O5. The Hall–Kier alpha value is -3.49. The SMILES string of the molecule is CCCCCOc1ccc(-c2cc(-c3ccc(C(=O)OC(=O)[C@@H](N)CCCN)cc3)no2)cc1. The van der Waals surface area contributed by atoms with Crippen LogP contribution in [-0.2, 0) is 9.53 Å². The summed E-state index contributed by atoms with van der Waals surface area (Å²) < 4.78 is 16.1. The van der Waals surface area contributed by atoms with Crippen LogP contribution in [0.4, 0.5) is 0 Å². The van der Waals surface area contributed by atoms with Crippen LogP contribution in [0.5, 0.6) is 5.75 Å². The molecule has 0 spiro atoms. The summed E-state index contributed by atoms with van der Waals surface area (Å²) in [4.78, 5) is 24.1. The number of carbonyl (C=O) groups excluding carboxylic acids is 2. The van der Waals surface area contributed by atoms with Gasteiger partial charge < -0.3 is 25.5 Å². The van der Waals surface area contributed by atoms with Crippen molar-refractivity contribution in [3.8, 4) is 28.3 Å². The Morgan fingerprint density at radius 3 is 2.38 bits per heavy atom. The van der Waals surface area contributed by atoms with Crippen LogP contribution in [0.1, 0.15) is 49.4 Å². The molecule has 0 unspecified atom stereocenters. The average molecular weight is 466 g/mol. The van der Waals surface area contributed by atoms with Crippen LogP contribution in [0.2, 0.25) is 0 Å². The van der Waals surface area contributed by atoms with Crippen molar-refractivity contribution in [2.75, 3.05) is 13.2 Å². The number of nitrogens with two attached hydrogens (primary N) is 2. The highest BCUT2D eigenvalue weighted by atomic mass is 16.6. The first kappa shape index (κ1) is 25.1. The summed E-state index contributed by atoms with van der Waals surface area (Å²) in [5, 5.41) is 4.13. The molecule has 8 nitrogen and oxygen atoms in total. The zero-order valence-electron chi connectivity index (χ0n) is 19.4. The molecule has 8 heteroatoms. The van der Waals surface area contributed by atoms with E-state index in [1.807, 2.05) is 30.3 Å². The van der Waals surface area contributed by atoms with Gasteiger partial charge in [-0.25, -0.2) is 9.59 Å². The third kappa shape index (κ3) is 7.00. The summed E-state index contributed by atoms with van der Waals surface area (Å²) in [6.45, 7) is 3.28. The Balaban J connectivity index is 1.59. The number of aromatic nitrogens is 1. The number of ether oxygens (including phenoxy) is 2. The smallest absolute Gasteiger partial charge is 0.345 e. The van der Waals surface area contributed by atoms with Crippen molar-refractivity contribution < 1.29 is 23.6 Å². The second-order valence-electron chi connectivity index (χ2n) is 7.98.